The second-order valence-corrected chi connectivity index (χ2v) is 4.63. The zero-order valence-corrected chi connectivity index (χ0v) is 9.58. The van der Waals surface area contributed by atoms with E-state index < -0.39 is 11.8 Å². The number of halogens is 1. The molecule has 0 radical (unpaired) electrons. The van der Waals surface area contributed by atoms with Gasteiger partial charge >= 0.3 is 5.97 Å². The molecule has 0 bridgehead atoms. The molecule has 0 amide bonds. The van der Waals surface area contributed by atoms with Crippen molar-refractivity contribution in [3.63, 3.8) is 0 Å². The molecule has 0 aliphatic carbocycles. The Morgan fingerprint density at radius 2 is 2.12 bits per heavy atom. The van der Waals surface area contributed by atoms with Crippen molar-refractivity contribution < 1.29 is 19.4 Å². The van der Waals surface area contributed by atoms with E-state index in [1.807, 2.05) is 0 Å². The molecule has 2 aromatic rings. The number of nitrogens with zero attached hydrogens (tertiary/aromatic N) is 1. The summed E-state index contributed by atoms with van der Waals surface area (Å²) in [6.07, 6.45) is 0. The highest BCUT2D eigenvalue weighted by Crippen LogP contribution is 2.30. The summed E-state index contributed by atoms with van der Waals surface area (Å²) in [4.78, 5) is 15.3. The molecule has 2 rings (SSSR count). The van der Waals surface area contributed by atoms with E-state index in [0.717, 1.165) is 17.4 Å². The fourth-order valence-corrected chi connectivity index (χ4v) is 2.31. The fourth-order valence-electron chi connectivity index (χ4n) is 1.42. The molecule has 0 aliphatic heterocycles. The maximum Gasteiger partial charge on any atom is 0.355 e. The number of phenols is 1. The van der Waals surface area contributed by atoms with Crippen LogP contribution in [0.25, 0.3) is 10.6 Å². The van der Waals surface area contributed by atoms with E-state index in [4.69, 9.17) is 5.11 Å². The number of hydrogen-bond acceptors (Lipinski definition) is 4. The first kappa shape index (κ1) is 11.5. The minimum atomic E-state index is -1.12. The van der Waals surface area contributed by atoms with Crippen LogP contribution in [-0.4, -0.2) is 21.2 Å². The third-order valence-electron chi connectivity index (χ3n) is 2.13. The molecule has 0 aliphatic rings. The molecule has 4 nitrogen and oxygen atoms in total. The molecule has 2 N–H and O–H groups in total. The number of benzene rings is 1. The number of carbonyl (C=O) groups is 1. The standard InChI is InChI=1S/C11H8FNO3S/c1-5-9(11(15)16)13-10(17-5)6-2-7(12)4-8(14)3-6/h2-4,14H,1H3,(H,15,16). The summed E-state index contributed by atoms with van der Waals surface area (Å²) in [5.41, 5.74) is 0.317. The molecule has 0 fully saturated rings. The highest BCUT2D eigenvalue weighted by Gasteiger charge is 2.15. The quantitative estimate of drug-likeness (QED) is 0.863. The average molecular weight is 253 g/mol. The summed E-state index contributed by atoms with van der Waals surface area (Å²) in [5, 5.41) is 18.5. The lowest BCUT2D eigenvalue weighted by Gasteiger charge is -1.98. The van der Waals surface area contributed by atoms with Crippen LogP contribution < -0.4 is 0 Å². The van der Waals surface area contributed by atoms with Gasteiger partial charge in [-0.25, -0.2) is 14.2 Å². The van der Waals surface area contributed by atoms with Gasteiger partial charge in [0.15, 0.2) is 5.69 Å². The zero-order chi connectivity index (χ0) is 12.6. The van der Waals surface area contributed by atoms with Crippen molar-refractivity contribution in [3.8, 4) is 16.3 Å². The van der Waals surface area contributed by atoms with E-state index in [2.05, 4.69) is 4.98 Å². The number of thiazole rings is 1. The van der Waals surface area contributed by atoms with Crippen molar-refractivity contribution >= 4 is 17.3 Å². The first-order chi connectivity index (χ1) is 7.97. The van der Waals surface area contributed by atoms with Crippen molar-refractivity contribution in [2.75, 3.05) is 0 Å². The Morgan fingerprint density at radius 3 is 2.65 bits per heavy atom. The van der Waals surface area contributed by atoms with Crippen molar-refractivity contribution in [1.29, 1.82) is 0 Å². The molecular weight excluding hydrogens is 245 g/mol. The average Bonchev–Trinajstić information content (AvgIpc) is 2.59. The number of aromatic nitrogens is 1. The number of aromatic hydroxyl groups is 1. The van der Waals surface area contributed by atoms with Crippen LogP contribution in [0.3, 0.4) is 0 Å². The highest BCUT2D eigenvalue weighted by atomic mass is 32.1. The maximum absolute atomic E-state index is 13.1. The normalized spacial score (nSPS) is 10.5. The number of carboxylic acids is 1. The Labute approximate surface area is 100.0 Å². The van der Waals surface area contributed by atoms with Crippen LogP contribution in [0.2, 0.25) is 0 Å². The van der Waals surface area contributed by atoms with E-state index in [1.165, 1.54) is 12.1 Å². The monoisotopic (exact) mass is 253 g/mol. The molecule has 17 heavy (non-hydrogen) atoms. The van der Waals surface area contributed by atoms with Gasteiger partial charge in [-0.05, 0) is 19.1 Å². The lowest BCUT2D eigenvalue weighted by Crippen LogP contribution is -1.98. The Kier molecular flexibility index (Phi) is 2.81. The summed E-state index contributed by atoms with van der Waals surface area (Å²) < 4.78 is 13.1. The molecule has 1 aromatic heterocycles. The van der Waals surface area contributed by atoms with Crippen molar-refractivity contribution in [1.82, 2.24) is 4.98 Å². The van der Waals surface area contributed by atoms with Crippen LogP contribution >= 0.6 is 11.3 Å². The van der Waals surface area contributed by atoms with Gasteiger partial charge in [0.05, 0.1) is 0 Å². The molecule has 1 aromatic carbocycles. The predicted octanol–water partition coefficient (Wildman–Crippen LogP) is 2.66. The Morgan fingerprint density at radius 1 is 1.41 bits per heavy atom. The number of hydrogen-bond donors (Lipinski definition) is 2. The van der Waals surface area contributed by atoms with Gasteiger partial charge in [0.2, 0.25) is 0 Å². The molecule has 0 unspecified atom stereocenters. The summed E-state index contributed by atoms with van der Waals surface area (Å²) in [6, 6.07) is 3.51. The van der Waals surface area contributed by atoms with Crippen LogP contribution in [0, 0.1) is 12.7 Å². The lowest BCUT2D eigenvalue weighted by molar-refractivity contribution is 0.0690. The SMILES string of the molecule is Cc1sc(-c2cc(O)cc(F)c2)nc1C(=O)O. The Balaban J connectivity index is 2.53. The van der Waals surface area contributed by atoms with Gasteiger partial charge in [0, 0.05) is 16.5 Å². The predicted molar refractivity (Wildman–Crippen MR) is 60.9 cm³/mol. The van der Waals surface area contributed by atoms with Crippen molar-refractivity contribution in [2.24, 2.45) is 0 Å². The second kappa shape index (κ2) is 4.14. The molecule has 0 saturated carbocycles. The summed E-state index contributed by atoms with van der Waals surface area (Å²) >= 11 is 1.14. The zero-order valence-electron chi connectivity index (χ0n) is 8.77. The lowest BCUT2D eigenvalue weighted by atomic mass is 10.2. The largest absolute Gasteiger partial charge is 0.508 e. The fraction of sp³-hybridized carbons (Fsp3) is 0.0909. The van der Waals surface area contributed by atoms with Crippen molar-refractivity contribution in [3.05, 3.63) is 34.6 Å². The van der Waals surface area contributed by atoms with Gasteiger partial charge in [-0.1, -0.05) is 0 Å². The maximum atomic E-state index is 13.1. The topological polar surface area (TPSA) is 70.4 Å². The van der Waals surface area contributed by atoms with E-state index in [9.17, 15) is 14.3 Å². The first-order valence-corrected chi connectivity index (χ1v) is 5.49. The van der Waals surface area contributed by atoms with Gasteiger partial charge in [-0.2, -0.15) is 0 Å². The first-order valence-electron chi connectivity index (χ1n) is 4.68. The number of rotatable bonds is 2. The van der Waals surface area contributed by atoms with Gasteiger partial charge in [-0.3, -0.25) is 0 Å². The molecule has 0 saturated heterocycles. The van der Waals surface area contributed by atoms with Crippen LogP contribution in [0.4, 0.5) is 4.39 Å². The summed E-state index contributed by atoms with van der Waals surface area (Å²) in [6.45, 7) is 1.63. The smallest absolute Gasteiger partial charge is 0.355 e. The van der Waals surface area contributed by atoms with Gasteiger partial charge in [-0.15, -0.1) is 11.3 Å². The van der Waals surface area contributed by atoms with E-state index in [1.54, 1.807) is 6.92 Å². The van der Waals surface area contributed by atoms with Crippen LogP contribution in [-0.2, 0) is 0 Å². The Bertz CT molecular complexity index is 574. The second-order valence-electron chi connectivity index (χ2n) is 3.43. The Hall–Kier alpha value is -1.95. The van der Waals surface area contributed by atoms with Crippen molar-refractivity contribution in [2.45, 2.75) is 6.92 Å². The van der Waals surface area contributed by atoms with Gasteiger partial charge in [0.25, 0.3) is 0 Å². The minimum Gasteiger partial charge on any atom is -0.508 e. The number of aromatic carboxylic acids is 1. The highest BCUT2D eigenvalue weighted by molar-refractivity contribution is 7.15. The third kappa shape index (κ3) is 2.26. The van der Waals surface area contributed by atoms with E-state index >= 15 is 0 Å². The van der Waals surface area contributed by atoms with Gasteiger partial charge < -0.3 is 10.2 Å². The molecule has 0 atom stereocenters. The number of phenolic OH excluding ortho intramolecular Hbond substituents is 1. The van der Waals surface area contributed by atoms with Crippen LogP contribution in [0.5, 0.6) is 5.75 Å². The molecular formula is C11H8FNO3S. The van der Waals surface area contributed by atoms with Crippen LogP contribution in [0.15, 0.2) is 18.2 Å². The number of carboxylic acid groups (broad SMARTS) is 1. The molecule has 1 heterocycles. The van der Waals surface area contributed by atoms with Crippen LogP contribution in [0.1, 0.15) is 15.4 Å². The summed E-state index contributed by atoms with van der Waals surface area (Å²) in [7, 11) is 0. The molecule has 6 heteroatoms. The summed E-state index contributed by atoms with van der Waals surface area (Å²) in [5.74, 6) is -1.93. The van der Waals surface area contributed by atoms with E-state index in [-0.39, 0.29) is 11.4 Å². The molecule has 0 spiro atoms. The number of aryl methyl sites for hydroxylation is 1. The van der Waals surface area contributed by atoms with E-state index in [0.29, 0.717) is 15.4 Å². The van der Waals surface area contributed by atoms with Gasteiger partial charge in [0.1, 0.15) is 16.6 Å². The third-order valence-corrected chi connectivity index (χ3v) is 3.15. The molecule has 88 valence electrons. The minimum absolute atomic E-state index is 0.0475.